The Morgan fingerprint density at radius 1 is 1.33 bits per heavy atom. The molecular weight excluding hydrogens is 345 g/mol. The third-order valence-corrected chi connectivity index (χ3v) is 5.10. The molecule has 140 valence electrons. The van der Waals surface area contributed by atoms with E-state index >= 15 is 0 Å². The number of rotatable bonds is 4. The molecule has 1 aliphatic rings. The SMILES string of the molecule is C=C(c1cc(F)ccc1OC)N1CCCC(c2cc(C)nc3ncnn23)C1. The molecule has 27 heavy (non-hydrogen) atoms. The molecule has 1 atom stereocenters. The van der Waals surface area contributed by atoms with E-state index in [4.69, 9.17) is 4.74 Å². The van der Waals surface area contributed by atoms with Gasteiger partial charge in [0.25, 0.3) is 5.78 Å². The summed E-state index contributed by atoms with van der Waals surface area (Å²) in [5.41, 5.74) is 3.48. The summed E-state index contributed by atoms with van der Waals surface area (Å²) >= 11 is 0. The van der Waals surface area contributed by atoms with Gasteiger partial charge in [0, 0.05) is 36.0 Å². The number of hydrogen-bond donors (Lipinski definition) is 0. The minimum Gasteiger partial charge on any atom is -0.496 e. The number of piperidine rings is 1. The maximum absolute atomic E-state index is 13.8. The molecule has 3 heterocycles. The minimum absolute atomic E-state index is 0.265. The lowest BCUT2D eigenvalue weighted by molar-refractivity contribution is 0.288. The Morgan fingerprint density at radius 3 is 3.00 bits per heavy atom. The first-order chi connectivity index (χ1) is 13.1. The van der Waals surface area contributed by atoms with Gasteiger partial charge >= 0.3 is 0 Å². The van der Waals surface area contributed by atoms with E-state index in [0.717, 1.165) is 43.0 Å². The van der Waals surface area contributed by atoms with Crippen molar-refractivity contribution in [3.63, 3.8) is 0 Å². The van der Waals surface area contributed by atoms with E-state index in [1.165, 1.54) is 18.5 Å². The Morgan fingerprint density at radius 2 is 2.19 bits per heavy atom. The smallest absolute Gasteiger partial charge is 0.252 e. The normalized spacial score (nSPS) is 17.3. The Bertz CT molecular complexity index is 999. The number of fused-ring (bicyclic) bond motifs is 1. The Kier molecular flexibility index (Phi) is 4.51. The average molecular weight is 367 g/mol. The molecule has 1 aromatic carbocycles. The summed E-state index contributed by atoms with van der Waals surface area (Å²) < 4.78 is 21.0. The van der Waals surface area contributed by atoms with Gasteiger partial charge < -0.3 is 9.64 Å². The lowest BCUT2D eigenvalue weighted by atomic mass is 9.93. The molecule has 3 aromatic rings. The molecule has 7 heteroatoms. The van der Waals surface area contributed by atoms with Crippen molar-refractivity contribution in [2.45, 2.75) is 25.7 Å². The van der Waals surface area contributed by atoms with Crippen molar-refractivity contribution >= 4 is 11.5 Å². The monoisotopic (exact) mass is 367 g/mol. The van der Waals surface area contributed by atoms with Crippen LogP contribution in [0.15, 0.2) is 37.2 Å². The summed E-state index contributed by atoms with van der Waals surface area (Å²) in [7, 11) is 1.59. The third kappa shape index (κ3) is 3.25. The van der Waals surface area contributed by atoms with Crippen molar-refractivity contribution < 1.29 is 9.13 Å². The third-order valence-electron chi connectivity index (χ3n) is 5.10. The molecule has 0 radical (unpaired) electrons. The van der Waals surface area contributed by atoms with Crippen molar-refractivity contribution in [2.24, 2.45) is 0 Å². The van der Waals surface area contributed by atoms with Gasteiger partial charge in [-0.05, 0) is 44.0 Å². The second-order valence-electron chi connectivity index (χ2n) is 6.87. The quantitative estimate of drug-likeness (QED) is 0.707. The molecule has 0 spiro atoms. The zero-order valence-corrected chi connectivity index (χ0v) is 15.5. The van der Waals surface area contributed by atoms with E-state index in [1.807, 2.05) is 11.4 Å². The molecule has 0 aliphatic carbocycles. The highest BCUT2D eigenvalue weighted by atomic mass is 19.1. The molecule has 0 bridgehead atoms. The summed E-state index contributed by atoms with van der Waals surface area (Å²) in [6.07, 6.45) is 3.59. The van der Waals surface area contributed by atoms with E-state index in [2.05, 4.69) is 32.6 Å². The van der Waals surface area contributed by atoms with Crippen LogP contribution in [0, 0.1) is 12.7 Å². The van der Waals surface area contributed by atoms with Crippen LogP contribution in [0.3, 0.4) is 0 Å². The van der Waals surface area contributed by atoms with Gasteiger partial charge in [0.1, 0.15) is 17.9 Å². The first-order valence-electron chi connectivity index (χ1n) is 9.02. The van der Waals surface area contributed by atoms with Crippen molar-refractivity contribution in [1.29, 1.82) is 0 Å². The van der Waals surface area contributed by atoms with Gasteiger partial charge in [0.2, 0.25) is 0 Å². The van der Waals surface area contributed by atoms with Crippen molar-refractivity contribution in [3.05, 3.63) is 59.9 Å². The molecule has 1 fully saturated rings. The fourth-order valence-electron chi connectivity index (χ4n) is 3.79. The van der Waals surface area contributed by atoms with Crippen molar-refractivity contribution in [1.82, 2.24) is 24.5 Å². The van der Waals surface area contributed by atoms with Crippen LogP contribution in [-0.2, 0) is 0 Å². The molecule has 4 rings (SSSR count). The number of ether oxygens (including phenoxy) is 1. The minimum atomic E-state index is -0.297. The van der Waals surface area contributed by atoms with Gasteiger partial charge in [-0.1, -0.05) is 6.58 Å². The highest BCUT2D eigenvalue weighted by Crippen LogP contribution is 2.34. The van der Waals surface area contributed by atoms with E-state index in [9.17, 15) is 4.39 Å². The fraction of sp³-hybridized carbons (Fsp3) is 0.350. The molecule has 1 aliphatic heterocycles. The number of hydrogen-bond acceptors (Lipinski definition) is 5. The topological polar surface area (TPSA) is 55.5 Å². The number of methoxy groups -OCH3 is 1. The predicted molar refractivity (Wildman–Crippen MR) is 101 cm³/mol. The molecule has 0 N–H and O–H groups in total. The molecule has 2 aromatic heterocycles. The average Bonchev–Trinajstić information content (AvgIpc) is 3.15. The molecule has 0 amide bonds. The van der Waals surface area contributed by atoms with E-state index in [-0.39, 0.29) is 11.7 Å². The van der Waals surface area contributed by atoms with Gasteiger partial charge in [-0.15, -0.1) is 0 Å². The molecule has 6 nitrogen and oxygen atoms in total. The first kappa shape index (κ1) is 17.5. The zero-order valence-electron chi connectivity index (χ0n) is 15.5. The van der Waals surface area contributed by atoms with Crippen LogP contribution in [0.2, 0.25) is 0 Å². The van der Waals surface area contributed by atoms with Crippen LogP contribution in [0.5, 0.6) is 5.75 Å². The van der Waals surface area contributed by atoms with Gasteiger partial charge in [-0.25, -0.2) is 13.9 Å². The summed E-state index contributed by atoms with van der Waals surface area (Å²) in [5.74, 6) is 1.21. The van der Waals surface area contributed by atoms with E-state index in [0.29, 0.717) is 17.1 Å². The van der Waals surface area contributed by atoms with Crippen LogP contribution in [0.25, 0.3) is 11.5 Å². The Hall–Kier alpha value is -2.96. The van der Waals surface area contributed by atoms with Gasteiger partial charge in [-0.3, -0.25) is 0 Å². The standard InChI is InChI=1S/C20H22FN5O/c1-13-9-18(26-20(24-13)22-12-23-26)15-5-4-8-25(11-15)14(2)17-10-16(21)6-7-19(17)27-3/h6-7,9-10,12,15H,2,4-5,8,11H2,1,3H3. The number of aryl methyl sites for hydroxylation is 1. The number of likely N-dealkylation sites (tertiary alicyclic amines) is 1. The summed E-state index contributed by atoms with van der Waals surface area (Å²) in [6.45, 7) is 7.85. The maximum atomic E-state index is 13.8. The molecule has 1 saturated heterocycles. The highest BCUT2D eigenvalue weighted by Gasteiger charge is 2.26. The van der Waals surface area contributed by atoms with E-state index < -0.39 is 0 Å². The summed E-state index contributed by atoms with van der Waals surface area (Å²) in [6, 6.07) is 6.59. The highest BCUT2D eigenvalue weighted by molar-refractivity contribution is 5.67. The summed E-state index contributed by atoms with van der Waals surface area (Å²) in [5, 5.41) is 4.33. The maximum Gasteiger partial charge on any atom is 0.252 e. The first-order valence-corrected chi connectivity index (χ1v) is 9.02. The second-order valence-corrected chi connectivity index (χ2v) is 6.87. The van der Waals surface area contributed by atoms with Gasteiger partial charge in [0.05, 0.1) is 12.8 Å². The second kappa shape index (κ2) is 6.98. The number of benzene rings is 1. The van der Waals surface area contributed by atoms with Gasteiger partial charge in [0.15, 0.2) is 0 Å². The van der Waals surface area contributed by atoms with Crippen LogP contribution in [0.4, 0.5) is 4.39 Å². The largest absolute Gasteiger partial charge is 0.496 e. The van der Waals surface area contributed by atoms with Crippen LogP contribution >= 0.6 is 0 Å². The van der Waals surface area contributed by atoms with Crippen molar-refractivity contribution in [2.75, 3.05) is 20.2 Å². The number of nitrogens with zero attached hydrogens (tertiary/aromatic N) is 5. The number of halogens is 1. The van der Waals surface area contributed by atoms with Crippen LogP contribution in [0.1, 0.15) is 35.7 Å². The Balaban J connectivity index is 1.64. The van der Waals surface area contributed by atoms with Gasteiger partial charge in [-0.2, -0.15) is 10.1 Å². The van der Waals surface area contributed by atoms with E-state index in [1.54, 1.807) is 13.2 Å². The Labute approximate surface area is 157 Å². The fourth-order valence-corrected chi connectivity index (χ4v) is 3.79. The molecular formula is C20H22FN5O. The predicted octanol–water partition coefficient (Wildman–Crippen LogP) is 3.43. The summed E-state index contributed by atoms with van der Waals surface area (Å²) in [4.78, 5) is 10.8. The molecule has 0 saturated carbocycles. The molecule has 1 unspecified atom stereocenters. The van der Waals surface area contributed by atoms with Crippen LogP contribution < -0.4 is 4.74 Å². The number of aromatic nitrogens is 4. The lowest BCUT2D eigenvalue weighted by Gasteiger charge is -2.36. The van der Waals surface area contributed by atoms with Crippen molar-refractivity contribution in [3.8, 4) is 5.75 Å². The van der Waals surface area contributed by atoms with Crippen LogP contribution in [-0.4, -0.2) is 44.7 Å². The zero-order chi connectivity index (χ0) is 19.0. The lowest BCUT2D eigenvalue weighted by Crippen LogP contribution is -2.33.